The molecule has 0 aromatic carbocycles. The van der Waals surface area contributed by atoms with Gasteiger partial charge in [-0.2, -0.15) is 0 Å². The van der Waals surface area contributed by atoms with Crippen molar-refractivity contribution in [3.8, 4) is 0 Å². The summed E-state index contributed by atoms with van der Waals surface area (Å²) in [6, 6.07) is 0. The third-order valence-electron chi connectivity index (χ3n) is 7.39. The number of aliphatic hydroxyl groups is 1. The molecular formula is C36H65NO10P+. The number of aliphatic hydroxyl groups excluding tert-OH is 1. The highest BCUT2D eigenvalue weighted by molar-refractivity contribution is 7.47. The third kappa shape index (κ3) is 32.4. The van der Waals surface area contributed by atoms with Crippen LogP contribution in [0.5, 0.6) is 0 Å². The maximum absolute atomic E-state index is 12.5. The van der Waals surface area contributed by atoms with E-state index >= 15 is 0 Å². The Balaban J connectivity index is 4.60. The van der Waals surface area contributed by atoms with Gasteiger partial charge < -0.3 is 24.0 Å². The molecule has 0 aromatic rings. The Morgan fingerprint density at radius 2 is 1.27 bits per heavy atom. The molecule has 278 valence electrons. The van der Waals surface area contributed by atoms with E-state index in [-0.39, 0.29) is 26.1 Å². The molecule has 0 aliphatic heterocycles. The van der Waals surface area contributed by atoms with Gasteiger partial charge in [0.2, 0.25) is 0 Å². The van der Waals surface area contributed by atoms with Crippen molar-refractivity contribution in [2.45, 2.75) is 128 Å². The van der Waals surface area contributed by atoms with Crippen LogP contribution in [0.4, 0.5) is 0 Å². The molecule has 48 heavy (non-hydrogen) atoms. The van der Waals surface area contributed by atoms with E-state index in [9.17, 15) is 28.9 Å². The van der Waals surface area contributed by atoms with E-state index in [2.05, 4.69) is 6.92 Å². The number of esters is 2. The minimum Gasteiger partial charge on any atom is -0.462 e. The van der Waals surface area contributed by atoms with Crippen LogP contribution in [0.2, 0.25) is 0 Å². The molecule has 0 saturated carbocycles. The summed E-state index contributed by atoms with van der Waals surface area (Å²) in [7, 11) is 1.31. The van der Waals surface area contributed by atoms with Crippen LogP contribution in [0.1, 0.15) is 116 Å². The normalized spacial score (nSPS) is 14.8. The van der Waals surface area contributed by atoms with Crippen molar-refractivity contribution < 1.29 is 52.0 Å². The lowest BCUT2D eigenvalue weighted by molar-refractivity contribution is -0.870. The quantitative estimate of drug-likeness (QED) is 0.0141. The van der Waals surface area contributed by atoms with Crippen LogP contribution in [-0.2, 0) is 37.5 Å². The Morgan fingerprint density at radius 1 is 0.729 bits per heavy atom. The van der Waals surface area contributed by atoms with Gasteiger partial charge in [0.15, 0.2) is 6.10 Å². The first-order valence-electron chi connectivity index (χ1n) is 17.8. The van der Waals surface area contributed by atoms with Crippen LogP contribution in [0.15, 0.2) is 36.5 Å². The number of hydrogen-bond acceptors (Lipinski definition) is 9. The van der Waals surface area contributed by atoms with Gasteiger partial charge in [0.05, 0.1) is 33.9 Å². The summed E-state index contributed by atoms with van der Waals surface area (Å²) in [5.74, 6) is -1.05. The summed E-state index contributed by atoms with van der Waals surface area (Å²) < 4.78 is 33.8. The summed E-state index contributed by atoms with van der Waals surface area (Å²) in [6.07, 6.45) is 24.6. The Bertz CT molecular complexity index is 976. The first kappa shape index (κ1) is 45.9. The molecule has 2 N–H and O–H groups in total. The first-order chi connectivity index (χ1) is 22.9. The lowest BCUT2D eigenvalue weighted by Crippen LogP contribution is -2.37. The molecule has 12 heteroatoms. The molecule has 0 aliphatic rings. The van der Waals surface area contributed by atoms with Gasteiger partial charge in [-0.1, -0.05) is 114 Å². The molecule has 0 amide bonds. The second-order valence-corrected chi connectivity index (χ2v) is 14.6. The molecule has 0 aromatic heterocycles. The molecule has 2 unspecified atom stereocenters. The van der Waals surface area contributed by atoms with Crippen molar-refractivity contribution in [2.75, 3.05) is 47.5 Å². The van der Waals surface area contributed by atoms with Gasteiger partial charge in [0, 0.05) is 12.8 Å². The van der Waals surface area contributed by atoms with E-state index < -0.39 is 38.6 Å². The van der Waals surface area contributed by atoms with Gasteiger partial charge in [-0.15, -0.1) is 0 Å². The fraction of sp³-hybridized carbons (Fsp3) is 0.750. The van der Waals surface area contributed by atoms with Crippen LogP contribution in [0.3, 0.4) is 0 Å². The van der Waals surface area contributed by atoms with Gasteiger partial charge in [-0.25, -0.2) is 4.57 Å². The van der Waals surface area contributed by atoms with Crippen LogP contribution in [0, 0.1) is 0 Å². The summed E-state index contributed by atoms with van der Waals surface area (Å²) >= 11 is 0. The molecule has 3 atom stereocenters. The number of carbonyl (C=O) groups excluding carboxylic acids is 3. The third-order valence-corrected chi connectivity index (χ3v) is 8.37. The van der Waals surface area contributed by atoms with E-state index in [0.717, 1.165) is 19.3 Å². The van der Waals surface area contributed by atoms with Crippen molar-refractivity contribution in [2.24, 2.45) is 0 Å². The predicted octanol–water partition coefficient (Wildman–Crippen LogP) is 7.16. The van der Waals surface area contributed by atoms with Crippen LogP contribution in [0.25, 0.3) is 0 Å². The molecule has 0 bridgehead atoms. The average Bonchev–Trinajstić information content (AvgIpc) is 3.01. The van der Waals surface area contributed by atoms with Gasteiger partial charge >= 0.3 is 19.8 Å². The number of allylic oxidation sites excluding steroid dienone is 5. The maximum atomic E-state index is 12.5. The van der Waals surface area contributed by atoms with Gasteiger partial charge in [0.25, 0.3) is 0 Å². The minimum atomic E-state index is -4.43. The van der Waals surface area contributed by atoms with Crippen molar-refractivity contribution in [1.82, 2.24) is 0 Å². The van der Waals surface area contributed by atoms with E-state index in [1.54, 1.807) is 30.4 Å². The number of ether oxygens (including phenoxy) is 2. The lowest BCUT2D eigenvalue weighted by atomic mass is 10.0. The minimum absolute atomic E-state index is 0.0160. The van der Waals surface area contributed by atoms with E-state index in [4.69, 9.17) is 18.5 Å². The number of rotatable bonds is 32. The van der Waals surface area contributed by atoms with Gasteiger partial charge in [-0.3, -0.25) is 23.4 Å². The molecule has 0 radical (unpaired) electrons. The Hall–Kier alpha value is -2.14. The zero-order chi connectivity index (χ0) is 35.9. The van der Waals surface area contributed by atoms with Gasteiger partial charge in [-0.05, 0) is 25.3 Å². The number of hydrogen-bond donors (Lipinski definition) is 2. The van der Waals surface area contributed by atoms with Crippen LogP contribution in [-0.4, -0.2) is 92.4 Å². The average molecular weight is 703 g/mol. The number of aldehydes is 1. The van der Waals surface area contributed by atoms with Crippen molar-refractivity contribution in [3.05, 3.63) is 36.5 Å². The first-order valence-corrected chi connectivity index (χ1v) is 19.3. The molecule has 11 nitrogen and oxygen atoms in total. The van der Waals surface area contributed by atoms with Crippen molar-refractivity contribution >= 4 is 26.0 Å². The molecule has 0 rings (SSSR count). The number of nitrogens with zero attached hydrogens (tertiary/aromatic N) is 1. The Kier molecular flexibility index (Phi) is 28.4. The van der Waals surface area contributed by atoms with Crippen molar-refractivity contribution in [3.63, 3.8) is 0 Å². The lowest BCUT2D eigenvalue weighted by Gasteiger charge is -2.24. The molecule has 0 heterocycles. The predicted molar refractivity (Wildman–Crippen MR) is 189 cm³/mol. The molecule has 0 spiro atoms. The fourth-order valence-electron chi connectivity index (χ4n) is 4.53. The molecule has 0 saturated heterocycles. The van der Waals surface area contributed by atoms with Crippen LogP contribution < -0.4 is 0 Å². The molecular weight excluding hydrogens is 637 g/mol. The fourth-order valence-corrected chi connectivity index (χ4v) is 5.27. The van der Waals surface area contributed by atoms with E-state index in [0.29, 0.717) is 36.6 Å². The Labute approximate surface area is 289 Å². The number of carbonyl (C=O) groups is 3. The summed E-state index contributed by atoms with van der Waals surface area (Å²) in [4.78, 5) is 45.2. The molecule has 0 aliphatic carbocycles. The highest BCUT2D eigenvalue weighted by Gasteiger charge is 2.27. The summed E-state index contributed by atoms with van der Waals surface area (Å²) in [6.45, 7) is 1.87. The second-order valence-electron chi connectivity index (χ2n) is 13.1. The SMILES string of the molecule is CCCCCCCCCCCCCCCC(=O)OC[C@H](COP(=O)(O)OCC[N+](C)(C)C)OC(=O)CCCC(O)C=CC=CC=CC=O. The van der Waals surface area contributed by atoms with Crippen LogP contribution >= 0.6 is 7.82 Å². The number of likely N-dealkylation sites (N-methyl/N-ethyl adjacent to an activating group) is 1. The maximum Gasteiger partial charge on any atom is 0.472 e. The number of unbranched alkanes of at least 4 members (excludes halogenated alkanes) is 12. The van der Waals surface area contributed by atoms with E-state index in [1.165, 1.54) is 63.9 Å². The number of phosphoric acid groups is 1. The zero-order valence-electron chi connectivity index (χ0n) is 30.1. The van der Waals surface area contributed by atoms with E-state index in [1.807, 2.05) is 21.1 Å². The highest BCUT2D eigenvalue weighted by Crippen LogP contribution is 2.43. The topological polar surface area (TPSA) is 146 Å². The number of phosphoric ester groups is 1. The Morgan fingerprint density at radius 3 is 1.85 bits per heavy atom. The second kappa shape index (κ2) is 29.7. The largest absolute Gasteiger partial charge is 0.472 e. The van der Waals surface area contributed by atoms with Gasteiger partial charge in [0.1, 0.15) is 26.0 Å². The number of quaternary nitrogens is 1. The summed E-state index contributed by atoms with van der Waals surface area (Å²) in [5, 5.41) is 10.1. The zero-order valence-corrected chi connectivity index (χ0v) is 31.0. The standard InChI is InChI=1S/C36H64NO10P/c1-5-6-7-8-9-10-11-12-13-14-15-18-21-26-35(40)44-31-34(32-46-48(42,43)45-30-28-37(2,3)4)47-36(41)27-23-25-33(39)24-20-17-16-19-22-29-38/h16-17,19-20,22,24,29,33-34,39H,5-15,18,21,23,25-28,30-32H2,1-4H3/p+1/t33?,34-/m1/s1. The molecule has 0 fully saturated rings. The monoisotopic (exact) mass is 702 g/mol. The van der Waals surface area contributed by atoms with Crippen molar-refractivity contribution in [1.29, 1.82) is 0 Å². The summed E-state index contributed by atoms with van der Waals surface area (Å²) in [5.41, 5.74) is 0. The highest BCUT2D eigenvalue weighted by atomic mass is 31.2. The smallest absolute Gasteiger partial charge is 0.462 e.